The molecule has 0 aromatic heterocycles. The summed E-state index contributed by atoms with van der Waals surface area (Å²) in [5, 5.41) is 0. The Hall–Kier alpha value is -2.69. The summed E-state index contributed by atoms with van der Waals surface area (Å²) in [6, 6.07) is 12.6. The zero-order valence-corrected chi connectivity index (χ0v) is 11.2. The van der Waals surface area contributed by atoms with Crippen LogP contribution < -0.4 is 5.73 Å². The van der Waals surface area contributed by atoms with Crippen LogP contribution in [0.15, 0.2) is 48.5 Å². The lowest BCUT2D eigenvalue weighted by Gasteiger charge is -2.15. The van der Waals surface area contributed by atoms with Crippen LogP contribution in [-0.4, -0.2) is 12.4 Å². The summed E-state index contributed by atoms with van der Waals surface area (Å²) in [4.78, 5) is 21.8. The molecule has 0 aliphatic carbocycles. The molecule has 1 atom stereocenters. The Labute approximate surface area is 121 Å². The van der Waals surface area contributed by atoms with Crippen LogP contribution in [0, 0.1) is 5.82 Å². The number of rotatable bonds is 6. The van der Waals surface area contributed by atoms with E-state index in [2.05, 4.69) is 4.74 Å². The number of benzene rings is 2. The first-order valence-electron chi connectivity index (χ1n) is 6.30. The Morgan fingerprint density at radius 3 is 2.10 bits per heavy atom. The van der Waals surface area contributed by atoms with E-state index in [0.717, 1.165) is 5.56 Å². The van der Waals surface area contributed by atoms with Crippen molar-refractivity contribution in [2.45, 2.75) is 12.5 Å². The summed E-state index contributed by atoms with van der Waals surface area (Å²) >= 11 is 0. The average Bonchev–Trinajstić information content (AvgIpc) is 2.48. The van der Waals surface area contributed by atoms with Crippen LogP contribution >= 0.6 is 0 Å². The minimum Gasteiger partial charge on any atom is -0.463 e. The van der Waals surface area contributed by atoms with Gasteiger partial charge >= 0.3 is 0 Å². The van der Waals surface area contributed by atoms with E-state index in [1.807, 2.05) is 0 Å². The van der Waals surface area contributed by atoms with Gasteiger partial charge < -0.3 is 10.5 Å². The van der Waals surface area contributed by atoms with Gasteiger partial charge in [0.1, 0.15) is 12.4 Å². The Morgan fingerprint density at radius 1 is 1.10 bits per heavy atom. The maximum atomic E-state index is 13.0. The van der Waals surface area contributed by atoms with Crippen LogP contribution in [0.2, 0.25) is 0 Å². The van der Waals surface area contributed by atoms with Gasteiger partial charge in [-0.15, -0.1) is 0 Å². The van der Waals surface area contributed by atoms with Crippen LogP contribution in [0.5, 0.6) is 0 Å². The molecule has 1 unspecified atom stereocenters. The summed E-state index contributed by atoms with van der Waals surface area (Å²) in [6.45, 7) is 0.542. The standard InChI is InChI=1S/C16H14FNO3/c17-14-7-5-13(6-8-14)15(16(18)20)12-3-1-11(2-4-12)9-21-10-19/h1-8,10,15H,9H2,(H2,18,20). The van der Waals surface area contributed by atoms with Gasteiger partial charge in [0.2, 0.25) is 5.91 Å². The Kier molecular flexibility index (Phi) is 4.66. The second-order valence-electron chi connectivity index (χ2n) is 4.54. The van der Waals surface area contributed by atoms with E-state index in [0.29, 0.717) is 17.6 Å². The van der Waals surface area contributed by atoms with Gasteiger partial charge in [-0.2, -0.15) is 0 Å². The van der Waals surface area contributed by atoms with Crippen molar-refractivity contribution in [3.05, 3.63) is 71.0 Å². The van der Waals surface area contributed by atoms with Crippen molar-refractivity contribution in [2.75, 3.05) is 0 Å². The van der Waals surface area contributed by atoms with Crippen molar-refractivity contribution in [1.29, 1.82) is 0 Å². The smallest absolute Gasteiger partial charge is 0.293 e. The third kappa shape index (κ3) is 3.66. The number of hydrogen-bond acceptors (Lipinski definition) is 3. The molecule has 0 fully saturated rings. The van der Waals surface area contributed by atoms with Gasteiger partial charge in [0.25, 0.3) is 6.47 Å². The summed E-state index contributed by atoms with van der Waals surface area (Å²) < 4.78 is 17.6. The van der Waals surface area contributed by atoms with Gasteiger partial charge in [0.05, 0.1) is 5.92 Å². The van der Waals surface area contributed by atoms with Crippen molar-refractivity contribution in [3.8, 4) is 0 Å². The van der Waals surface area contributed by atoms with Crippen LogP contribution in [0.4, 0.5) is 4.39 Å². The first kappa shape index (κ1) is 14.7. The van der Waals surface area contributed by atoms with E-state index in [1.165, 1.54) is 24.3 Å². The molecule has 5 heteroatoms. The fraction of sp³-hybridized carbons (Fsp3) is 0.125. The minimum absolute atomic E-state index is 0.168. The highest BCUT2D eigenvalue weighted by atomic mass is 19.1. The first-order valence-corrected chi connectivity index (χ1v) is 6.30. The predicted octanol–water partition coefficient (Wildman–Crippen LogP) is 2.12. The van der Waals surface area contributed by atoms with E-state index in [-0.39, 0.29) is 12.4 Å². The quantitative estimate of drug-likeness (QED) is 0.827. The highest BCUT2D eigenvalue weighted by Gasteiger charge is 2.20. The van der Waals surface area contributed by atoms with Gasteiger partial charge in [0, 0.05) is 0 Å². The fourth-order valence-electron chi connectivity index (χ4n) is 2.11. The Bertz CT molecular complexity index is 623. The largest absolute Gasteiger partial charge is 0.463 e. The molecule has 0 spiro atoms. The third-order valence-corrected chi connectivity index (χ3v) is 3.12. The van der Waals surface area contributed by atoms with Gasteiger partial charge in [-0.05, 0) is 28.8 Å². The second kappa shape index (κ2) is 6.65. The van der Waals surface area contributed by atoms with E-state index in [4.69, 9.17) is 5.73 Å². The number of nitrogens with two attached hydrogens (primary N) is 1. The first-order chi connectivity index (χ1) is 10.1. The van der Waals surface area contributed by atoms with Gasteiger partial charge in [-0.3, -0.25) is 9.59 Å². The topological polar surface area (TPSA) is 69.4 Å². The second-order valence-corrected chi connectivity index (χ2v) is 4.54. The summed E-state index contributed by atoms with van der Waals surface area (Å²) in [7, 11) is 0. The maximum absolute atomic E-state index is 13.0. The molecule has 2 aromatic carbocycles. The number of carbonyl (C=O) groups excluding carboxylic acids is 2. The van der Waals surface area contributed by atoms with Crippen LogP contribution in [0.25, 0.3) is 0 Å². The molecule has 0 aliphatic rings. The van der Waals surface area contributed by atoms with Gasteiger partial charge in [-0.25, -0.2) is 4.39 Å². The van der Waals surface area contributed by atoms with Crippen LogP contribution in [0.1, 0.15) is 22.6 Å². The van der Waals surface area contributed by atoms with E-state index < -0.39 is 11.8 Å². The molecule has 0 aliphatic heterocycles. The van der Waals surface area contributed by atoms with Crippen LogP contribution in [-0.2, 0) is 20.9 Å². The molecular weight excluding hydrogens is 273 g/mol. The van der Waals surface area contributed by atoms with E-state index in [1.54, 1.807) is 24.3 Å². The number of primary amides is 1. The zero-order valence-electron chi connectivity index (χ0n) is 11.2. The lowest BCUT2D eigenvalue weighted by Crippen LogP contribution is -2.22. The zero-order chi connectivity index (χ0) is 15.2. The molecule has 0 heterocycles. The number of carbonyl (C=O) groups is 2. The molecule has 1 amide bonds. The minimum atomic E-state index is -0.647. The summed E-state index contributed by atoms with van der Waals surface area (Å²) in [6.07, 6.45) is 0. The molecule has 0 saturated heterocycles. The monoisotopic (exact) mass is 287 g/mol. The number of amides is 1. The Balaban J connectivity index is 2.28. The molecule has 0 saturated carbocycles. The van der Waals surface area contributed by atoms with E-state index in [9.17, 15) is 14.0 Å². The van der Waals surface area contributed by atoms with Gasteiger partial charge in [-0.1, -0.05) is 36.4 Å². The predicted molar refractivity (Wildman–Crippen MR) is 74.7 cm³/mol. The van der Waals surface area contributed by atoms with Crippen molar-refractivity contribution in [3.63, 3.8) is 0 Å². The number of ether oxygens (including phenoxy) is 1. The van der Waals surface area contributed by atoms with Crippen molar-refractivity contribution < 1.29 is 18.7 Å². The normalized spacial score (nSPS) is 11.7. The van der Waals surface area contributed by atoms with Crippen molar-refractivity contribution in [2.24, 2.45) is 5.73 Å². The Morgan fingerprint density at radius 2 is 1.62 bits per heavy atom. The highest BCUT2D eigenvalue weighted by Crippen LogP contribution is 2.25. The molecule has 0 bridgehead atoms. The molecule has 2 rings (SSSR count). The summed E-state index contributed by atoms with van der Waals surface area (Å²) in [5.41, 5.74) is 7.58. The summed E-state index contributed by atoms with van der Waals surface area (Å²) in [5.74, 6) is -1.53. The van der Waals surface area contributed by atoms with Crippen molar-refractivity contribution in [1.82, 2.24) is 0 Å². The molecule has 0 radical (unpaired) electrons. The van der Waals surface area contributed by atoms with Crippen molar-refractivity contribution >= 4 is 12.4 Å². The molecule has 4 nitrogen and oxygen atoms in total. The maximum Gasteiger partial charge on any atom is 0.293 e. The van der Waals surface area contributed by atoms with Gasteiger partial charge in [0.15, 0.2) is 0 Å². The molecule has 108 valence electrons. The molecule has 21 heavy (non-hydrogen) atoms. The molecule has 2 N–H and O–H groups in total. The fourth-order valence-corrected chi connectivity index (χ4v) is 2.11. The van der Waals surface area contributed by atoms with Crippen LogP contribution in [0.3, 0.4) is 0 Å². The highest BCUT2D eigenvalue weighted by molar-refractivity contribution is 5.85. The molecular formula is C16H14FNO3. The lowest BCUT2D eigenvalue weighted by atomic mass is 9.90. The average molecular weight is 287 g/mol. The number of hydrogen-bond donors (Lipinski definition) is 1. The SMILES string of the molecule is NC(=O)C(c1ccc(F)cc1)c1ccc(COC=O)cc1. The van der Waals surface area contributed by atoms with E-state index >= 15 is 0 Å². The lowest BCUT2D eigenvalue weighted by molar-refractivity contribution is -0.129. The molecule has 2 aromatic rings. The number of halogens is 1. The third-order valence-electron chi connectivity index (χ3n) is 3.12.